The summed E-state index contributed by atoms with van der Waals surface area (Å²) in [5.41, 5.74) is 8.99. The number of nitrogens with two attached hydrogens (primary N) is 1. The fraction of sp³-hybridized carbons (Fsp3) is 0.533. The molecule has 0 saturated heterocycles. The van der Waals surface area contributed by atoms with Crippen molar-refractivity contribution < 1.29 is 4.79 Å². The lowest BCUT2D eigenvalue weighted by molar-refractivity contribution is -0.123. The Morgan fingerprint density at radius 1 is 1.39 bits per heavy atom. The van der Waals surface area contributed by atoms with Crippen molar-refractivity contribution in [2.75, 3.05) is 17.2 Å². The highest BCUT2D eigenvalue weighted by atomic mass is 16.2. The van der Waals surface area contributed by atoms with Crippen LogP contribution in [0.1, 0.15) is 31.7 Å². The van der Waals surface area contributed by atoms with Gasteiger partial charge in [0.1, 0.15) is 0 Å². The molecule has 1 heterocycles. The number of hydrogen-bond donors (Lipinski definition) is 1. The minimum absolute atomic E-state index is 0.220. The van der Waals surface area contributed by atoms with Crippen LogP contribution in [0.15, 0.2) is 18.2 Å². The molecule has 2 unspecified atom stereocenters. The van der Waals surface area contributed by atoms with E-state index in [4.69, 9.17) is 5.73 Å². The van der Waals surface area contributed by atoms with E-state index in [0.717, 1.165) is 36.3 Å². The lowest BCUT2D eigenvalue weighted by Crippen LogP contribution is -2.35. The van der Waals surface area contributed by atoms with E-state index in [1.807, 2.05) is 23.1 Å². The fourth-order valence-corrected chi connectivity index (χ4v) is 3.40. The summed E-state index contributed by atoms with van der Waals surface area (Å²) in [4.78, 5) is 14.6. The highest BCUT2D eigenvalue weighted by Gasteiger charge is 2.35. The number of hydrogen-bond acceptors (Lipinski definition) is 2. The first-order valence-corrected chi connectivity index (χ1v) is 6.87. The summed E-state index contributed by atoms with van der Waals surface area (Å²) in [6, 6.07) is 5.89. The SMILES string of the molecule is CC1CCCC1C(=O)N1CCc2c(N)cccc21. The van der Waals surface area contributed by atoms with Crippen LogP contribution < -0.4 is 10.6 Å². The molecule has 1 aliphatic carbocycles. The lowest BCUT2D eigenvalue weighted by atomic mass is 9.96. The van der Waals surface area contributed by atoms with E-state index < -0.39 is 0 Å². The van der Waals surface area contributed by atoms with Gasteiger partial charge in [0.25, 0.3) is 0 Å². The first-order valence-electron chi connectivity index (χ1n) is 6.87. The molecule has 96 valence electrons. The third-order valence-corrected chi connectivity index (χ3v) is 4.51. The molecule has 3 rings (SSSR count). The Balaban J connectivity index is 1.88. The number of anilines is 2. The van der Waals surface area contributed by atoms with Crippen LogP contribution in [-0.2, 0) is 11.2 Å². The van der Waals surface area contributed by atoms with E-state index >= 15 is 0 Å². The van der Waals surface area contributed by atoms with Gasteiger partial charge in [0.2, 0.25) is 5.91 Å². The van der Waals surface area contributed by atoms with Crippen LogP contribution in [0.2, 0.25) is 0 Å². The van der Waals surface area contributed by atoms with Gasteiger partial charge in [-0.15, -0.1) is 0 Å². The van der Waals surface area contributed by atoms with Gasteiger partial charge in [-0.05, 0) is 37.3 Å². The van der Waals surface area contributed by atoms with Crippen LogP contribution in [0.4, 0.5) is 11.4 Å². The van der Waals surface area contributed by atoms with Crippen molar-refractivity contribution in [1.29, 1.82) is 0 Å². The molecule has 2 aliphatic rings. The summed E-state index contributed by atoms with van der Waals surface area (Å²) in [7, 11) is 0. The van der Waals surface area contributed by atoms with Gasteiger partial charge in [0.05, 0.1) is 0 Å². The molecule has 1 aromatic rings. The van der Waals surface area contributed by atoms with Crippen LogP contribution in [0.5, 0.6) is 0 Å². The highest BCUT2D eigenvalue weighted by molar-refractivity contribution is 5.98. The summed E-state index contributed by atoms with van der Waals surface area (Å²) >= 11 is 0. The van der Waals surface area contributed by atoms with Gasteiger partial charge in [-0.3, -0.25) is 4.79 Å². The zero-order valence-electron chi connectivity index (χ0n) is 10.9. The number of benzene rings is 1. The van der Waals surface area contributed by atoms with Crippen LogP contribution in [0.25, 0.3) is 0 Å². The van der Waals surface area contributed by atoms with Crippen LogP contribution in [-0.4, -0.2) is 12.5 Å². The Labute approximate surface area is 108 Å². The van der Waals surface area contributed by atoms with Crippen molar-refractivity contribution >= 4 is 17.3 Å². The molecular weight excluding hydrogens is 224 g/mol. The van der Waals surface area contributed by atoms with E-state index in [0.29, 0.717) is 11.8 Å². The Kier molecular flexibility index (Phi) is 2.77. The first kappa shape index (κ1) is 11.6. The maximum atomic E-state index is 12.6. The standard InChI is InChI=1S/C15H20N2O/c1-10-4-2-5-11(10)15(18)17-9-8-12-13(16)6-3-7-14(12)17/h3,6-7,10-11H,2,4-5,8-9,16H2,1H3. The second kappa shape index (κ2) is 4.30. The number of nitrogens with zero attached hydrogens (tertiary/aromatic N) is 1. The van der Waals surface area contributed by atoms with Gasteiger partial charge in [-0.2, -0.15) is 0 Å². The third-order valence-electron chi connectivity index (χ3n) is 4.51. The Morgan fingerprint density at radius 3 is 2.94 bits per heavy atom. The number of carbonyl (C=O) groups excluding carboxylic acids is 1. The number of fused-ring (bicyclic) bond motifs is 1. The molecule has 3 heteroatoms. The van der Waals surface area contributed by atoms with Crippen molar-refractivity contribution in [1.82, 2.24) is 0 Å². The van der Waals surface area contributed by atoms with Crippen molar-refractivity contribution in [2.24, 2.45) is 11.8 Å². The topological polar surface area (TPSA) is 46.3 Å². The number of nitrogen functional groups attached to an aromatic ring is 1. The largest absolute Gasteiger partial charge is 0.398 e. The van der Waals surface area contributed by atoms with Crippen molar-refractivity contribution in [3.8, 4) is 0 Å². The van der Waals surface area contributed by atoms with E-state index in [9.17, 15) is 4.79 Å². The quantitative estimate of drug-likeness (QED) is 0.772. The van der Waals surface area contributed by atoms with Gasteiger partial charge >= 0.3 is 0 Å². The molecule has 18 heavy (non-hydrogen) atoms. The van der Waals surface area contributed by atoms with Gasteiger partial charge < -0.3 is 10.6 Å². The van der Waals surface area contributed by atoms with Gasteiger partial charge in [-0.25, -0.2) is 0 Å². The van der Waals surface area contributed by atoms with Gasteiger partial charge in [0, 0.05) is 29.4 Å². The zero-order valence-corrected chi connectivity index (χ0v) is 10.9. The van der Waals surface area contributed by atoms with E-state index in [1.165, 1.54) is 12.8 Å². The van der Waals surface area contributed by atoms with Crippen LogP contribution in [0.3, 0.4) is 0 Å². The number of amides is 1. The maximum Gasteiger partial charge on any atom is 0.230 e. The second-order valence-corrected chi connectivity index (χ2v) is 5.60. The normalized spacial score (nSPS) is 26.4. The fourth-order valence-electron chi connectivity index (χ4n) is 3.40. The molecule has 0 radical (unpaired) electrons. The molecule has 3 nitrogen and oxygen atoms in total. The van der Waals surface area contributed by atoms with Gasteiger partial charge in [-0.1, -0.05) is 19.4 Å². The zero-order chi connectivity index (χ0) is 12.7. The Morgan fingerprint density at radius 2 is 2.22 bits per heavy atom. The molecule has 0 bridgehead atoms. The van der Waals surface area contributed by atoms with Crippen molar-refractivity contribution in [3.63, 3.8) is 0 Å². The smallest absolute Gasteiger partial charge is 0.230 e. The van der Waals surface area contributed by atoms with Crippen molar-refractivity contribution in [3.05, 3.63) is 23.8 Å². The summed E-state index contributed by atoms with van der Waals surface area (Å²) < 4.78 is 0. The predicted octanol–water partition coefficient (Wildman–Crippen LogP) is 2.59. The molecule has 0 aromatic heterocycles. The van der Waals surface area contributed by atoms with E-state index in [2.05, 4.69) is 6.92 Å². The highest BCUT2D eigenvalue weighted by Crippen LogP contribution is 2.37. The Hall–Kier alpha value is -1.51. The minimum atomic E-state index is 0.220. The average Bonchev–Trinajstić information content (AvgIpc) is 2.95. The maximum absolute atomic E-state index is 12.6. The molecule has 0 spiro atoms. The molecule has 1 fully saturated rings. The van der Waals surface area contributed by atoms with E-state index in [1.54, 1.807) is 0 Å². The molecule has 1 aliphatic heterocycles. The van der Waals surface area contributed by atoms with Crippen molar-refractivity contribution in [2.45, 2.75) is 32.6 Å². The lowest BCUT2D eigenvalue weighted by Gasteiger charge is -2.23. The summed E-state index contributed by atoms with van der Waals surface area (Å²) in [5.74, 6) is 1.06. The van der Waals surface area contributed by atoms with Gasteiger partial charge in [0.15, 0.2) is 0 Å². The summed E-state index contributed by atoms with van der Waals surface area (Å²) in [6.07, 6.45) is 4.33. The summed E-state index contributed by atoms with van der Waals surface area (Å²) in [5, 5.41) is 0. The molecule has 1 aromatic carbocycles. The molecule has 1 saturated carbocycles. The molecular formula is C15H20N2O. The monoisotopic (exact) mass is 244 g/mol. The van der Waals surface area contributed by atoms with E-state index in [-0.39, 0.29) is 5.92 Å². The minimum Gasteiger partial charge on any atom is -0.398 e. The third kappa shape index (κ3) is 1.69. The molecule has 2 N–H and O–H groups in total. The molecule has 2 atom stereocenters. The first-order chi connectivity index (χ1) is 8.68. The second-order valence-electron chi connectivity index (χ2n) is 5.60. The predicted molar refractivity (Wildman–Crippen MR) is 73.4 cm³/mol. The van der Waals surface area contributed by atoms with Crippen LogP contribution >= 0.6 is 0 Å². The number of carbonyl (C=O) groups is 1. The molecule has 1 amide bonds. The Bertz CT molecular complexity index is 483. The average molecular weight is 244 g/mol. The number of rotatable bonds is 1. The summed E-state index contributed by atoms with van der Waals surface area (Å²) in [6.45, 7) is 3.00. The van der Waals surface area contributed by atoms with Crippen LogP contribution in [0, 0.1) is 11.8 Å².